The molecule has 4 rings (SSSR count). The highest BCUT2D eigenvalue weighted by Crippen LogP contribution is 2.40. The van der Waals surface area contributed by atoms with Gasteiger partial charge in [0.15, 0.2) is 0 Å². The second-order valence-corrected chi connectivity index (χ2v) is 7.55. The number of nitrogens with one attached hydrogen (secondary N) is 3. The van der Waals surface area contributed by atoms with Crippen molar-refractivity contribution in [3.05, 3.63) is 53.1 Å². The predicted octanol–water partition coefficient (Wildman–Crippen LogP) is 2.11. The molecular weight excluding hydrogens is 390 g/mol. The largest absolute Gasteiger partial charge is 0.508 e. The summed E-state index contributed by atoms with van der Waals surface area (Å²) in [4.78, 5) is 36.2. The Morgan fingerprint density at radius 3 is 2.40 bits per heavy atom. The van der Waals surface area contributed by atoms with Gasteiger partial charge in [-0.05, 0) is 43.0 Å². The first-order valence-corrected chi connectivity index (χ1v) is 9.58. The molecule has 2 aromatic carbocycles. The van der Waals surface area contributed by atoms with Gasteiger partial charge in [-0.25, -0.2) is 4.79 Å². The Hall–Kier alpha value is -3.75. The maximum Gasteiger partial charge on any atom is 0.319 e. The van der Waals surface area contributed by atoms with Crippen LogP contribution < -0.4 is 16.0 Å². The van der Waals surface area contributed by atoms with Gasteiger partial charge in [-0.3, -0.25) is 9.59 Å². The second kappa shape index (κ2) is 7.58. The molecule has 2 aliphatic rings. The minimum absolute atomic E-state index is 0.0155. The number of rotatable bonds is 5. The first-order chi connectivity index (χ1) is 14.3. The van der Waals surface area contributed by atoms with Gasteiger partial charge in [-0.15, -0.1) is 0 Å². The van der Waals surface area contributed by atoms with E-state index in [1.54, 1.807) is 12.1 Å². The standard InChI is InChI=1S/C21H21N3O6/c25-16-3-1-2-12-14(16)9-15(20(28)29)18(12)24-19(27)13-7-6-11(8-17(13)26)23-21(30)22-10-4-5-10/h1-3,6-8,10,15,18,25-26H,4-5,9H2,(H,24,27)(H,28,29)(H2,22,23,30). The third-order valence-electron chi connectivity index (χ3n) is 5.37. The summed E-state index contributed by atoms with van der Waals surface area (Å²) in [6.45, 7) is 0. The quantitative estimate of drug-likeness (QED) is 0.444. The molecule has 0 spiro atoms. The molecule has 3 amide bonds. The number of aromatic hydroxyl groups is 2. The van der Waals surface area contributed by atoms with Crippen LogP contribution in [0.1, 0.15) is 40.4 Å². The molecule has 1 saturated carbocycles. The average Bonchev–Trinajstić information content (AvgIpc) is 3.41. The van der Waals surface area contributed by atoms with E-state index in [0.717, 1.165) is 12.8 Å². The molecule has 0 aromatic heterocycles. The fourth-order valence-corrected chi connectivity index (χ4v) is 3.67. The minimum atomic E-state index is -1.10. The molecule has 30 heavy (non-hydrogen) atoms. The maximum absolute atomic E-state index is 12.7. The van der Waals surface area contributed by atoms with Crippen LogP contribution >= 0.6 is 0 Å². The summed E-state index contributed by atoms with van der Waals surface area (Å²) in [5.41, 5.74) is 1.29. The van der Waals surface area contributed by atoms with Crippen LogP contribution in [0.3, 0.4) is 0 Å². The molecule has 0 bridgehead atoms. The van der Waals surface area contributed by atoms with Gasteiger partial charge >= 0.3 is 12.0 Å². The molecule has 0 saturated heterocycles. The van der Waals surface area contributed by atoms with E-state index in [1.807, 2.05) is 0 Å². The van der Waals surface area contributed by atoms with E-state index in [9.17, 15) is 29.7 Å². The van der Waals surface area contributed by atoms with Crippen LogP contribution in [0.4, 0.5) is 10.5 Å². The third kappa shape index (κ3) is 3.86. The van der Waals surface area contributed by atoms with Crippen molar-refractivity contribution < 1.29 is 29.7 Å². The molecule has 0 radical (unpaired) electrons. The molecule has 0 aliphatic heterocycles. The Morgan fingerprint density at radius 1 is 0.967 bits per heavy atom. The SMILES string of the molecule is O=C(Nc1ccc(C(=O)NC2c3cccc(O)c3CC2C(=O)O)c(O)c1)NC1CC1. The minimum Gasteiger partial charge on any atom is -0.508 e. The van der Waals surface area contributed by atoms with Crippen molar-refractivity contribution >= 4 is 23.6 Å². The summed E-state index contributed by atoms with van der Waals surface area (Å²) < 4.78 is 0. The molecule has 0 heterocycles. The number of phenols is 2. The zero-order valence-corrected chi connectivity index (χ0v) is 15.9. The zero-order valence-electron chi connectivity index (χ0n) is 15.9. The average molecular weight is 411 g/mol. The fraction of sp³-hybridized carbons (Fsp3) is 0.286. The molecule has 2 aliphatic carbocycles. The Balaban J connectivity index is 1.51. The van der Waals surface area contributed by atoms with Gasteiger partial charge in [0.2, 0.25) is 0 Å². The molecule has 1 fully saturated rings. The summed E-state index contributed by atoms with van der Waals surface area (Å²) in [5, 5.41) is 37.8. The number of anilines is 1. The molecule has 156 valence electrons. The highest BCUT2D eigenvalue weighted by Gasteiger charge is 2.40. The van der Waals surface area contributed by atoms with Crippen molar-refractivity contribution in [2.45, 2.75) is 31.3 Å². The van der Waals surface area contributed by atoms with Crippen molar-refractivity contribution in [2.75, 3.05) is 5.32 Å². The Kier molecular flexibility index (Phi) is 4.94. The van der Waals surface area contributed by atoms with Crippen LogP contribution in [0.5, 0.6) is 11.5 Å². The topological polar surface area (TPSA) is 148 Å². The number of carboxylic acids is 1. The van der Waals surface area contributed by atoms with Gasteiger partial charge in [-0.2, -0.15) is 0 Å². The molecule has 9 nitrogen and oxygen atoms in total. The van der Waals surface area contributed by atoms with Gasteiger partial charge in [0.25, 0.3) is 5.91 Å². The number of carbonyl (C=O) groups is 3. The van der Waals surface area contributed by atoms with Gasteiger partial charge in [0, 0.05) is 23.4 Å². The van der Waals surface area contributed by atoms with Gasteiger partial charge in [0.1, 0.15) is 11.5 Å². The zero-order chi connectivity index (χ0) is 21.4. The Morgan fingerprint density at radius 2 is 1.73 bits per heavy atom. The van der Waals surface area contributed by atoms with Crippen LogP contribution in [0.25, 0.3) is 0 Å². The predicted molar refractivity (Wildman–Crippen MR) is 106 cm³/mol. The number of carbonyl (C=O) groups excluding carboxylic acids is 2. The van der Waals surface area contributed by atoms with Gasteiger partial charge < -0.3 is 31.3 Å². The number of benzene rings is 2. The maximum atomic E-state index is 12.7. The molecule has 2 aromatic rings. The second-order valence-electron chi connectivity index (χ2n) is 7.55. The van der Waals surface area contributed by atoms with E-state index in [0.29, 0.717) is 16.8 Å². The number of hydrogen-bond donors (Lipinski definition) is 6. The van der Waals surface area contributed by atoms with Crippen molar-refractivity contribution in [3.63, 3.8) is 0 Å². The smallest absolute Gasteiger partial charge is 0.319 e. The molecule has 6 N–H and O–H groups in total. The van der Waals surface area contributed by atoms with Crippen LogP contribution in [-0.2, 0) is 11.2 Å². The fourth-order valence-electron chi connectivity index (χ4n) is 3.67. The van der Waals surface area contributed by atoms with Crippen molar-refractivity contribution in [1.82, 2.24) is 10.6 Å². The van der Waals surface area contributed by atoms with Gasteiger partial charge in [-0.1, -0.05) is 12.1 Å². The van der Waals surface area contributed by atoms with Crippen LogP contribution in [0, 0.1) is 5.92 Å². The Labute approximate surface area is 171 Å². The number of amides is 3. The lowest BCUT2D eigenvalue weighted by Gasteiger charge is -2.19. The normalized spacial score (nSPS) is 19.6. The lowest BCUT2D eigenvalue weighted by molar-refractivity contribution is -0.142. The summed E-state index contributed by atoms with van der Waals surface area (Å²) in [6, 6.07) is 7.74. The van der Waals surface area contributed by atoms with Gasteiger partial charge in [0.05, 0.1) is 17.5 Å². The van der Waals surface area contributed by atoms with Crippen molar-refractivity contribution in [1.29, 1.82) is 0 Å². The highest BCUT2D eigenvalue weighted by molar-refractivity contribution is 5.99. The highest BCUT2D eigenvalue weighted by atomic mass is 16.4. The number of urea groups is 1. The molecular formula is C21H21N3O6. The number of fused-ring (bicyclic) bond motifs is 1. The van der Waals surface area contributed by atoms with Crippen LogP contribution in [0.15, 0.2) is 36.4 Å². The van der Waals surface area contributed by atoms with Crippen molar-refractivity contribution in [2.24, 2.45) is 5.92 Å². The summed E-state index contributed by atoms with van der Waals surface area (Å²) in [7, 11) is 0. The van der Waals surface area contributed by atoms with E-state index in [2.05, 4.69) is 16.0 Å². The first kappa shape index (κ1) is 19.6. The number of hydrogen-bond acceptors (Lipinski definition) is 5. The molecule has 2 atom stereocenters. The monoisotopic (exact) mass is 411 g/mol. The molecule has 9 heteroatoms. The van der Waals surface area contributed by atoms with E-state index in [1.165, 1.54) is 24.3 Å². The number of phenolic OH excluding ortho intramolecular Hbond substituents is 2. The number of carboxylic acid groups (broad SMARTS) is 1. The van der Waals surface area contributed by atoms with Crippen LogP contribution in [-0.4, -0.2) is 39.3 Å². The van der Waals surface area contributed by atoms with E-state index in [-0.39, 0.29) is 35.6 Å². The van der Waals surface area contributed by atoms with Crippen LogP contribution in [0.2, 0.25) is 0 Å². The summed E-state index contributed by atoms with van der Waals surface area (Å²) >= 11 is 0. The summed E-state index contributed by atoms with van der Waals surface area (Å²) in [5.74, 6) is -3.06. The number of aliphatic carboxylic acids is 1. The Bertz CT molecular complexity index is 1030. The lowest BCUT2D eigenvalue weighted by Crippen LogP contribution is -2.34. The summed E-state index contributed by atoms with van der Waals surface area (Å²) in [6.07, 6.45) is 1.97. The third-order valence-corrected chi connectivity index (χ3v) is 5.37. The van der Waals surface area contributed by atoms with Crippen molar-refractivity contribution in [3.8, 4) is 11.5 Å². The first-order valence-electron chi connectivity index (χ1n) is 9.58. The molecule has 2 unspecified atom stereocenters. The van der Waals surface area contributed by atoms with E-state index < -0.39 is 23.8 Å². The van der Waals surface area contributed by atoms with E-state index in [4.69, 9.17) is 0 Å². The lowest BCUT2D eigenvalue weighted by atomic mass is 10.00. The van der Waals surface area contributed by atoms with E-state index >= 15 is 0 Å².